The number of nitrogens with one attached hydrogen (secondary N) is 2. The number of para-hydroxylation sites is 1. The van der Waals surface area contributed by atoms with Gasteiger partial charge >= 0.3 is 0 Å². The van der Waals surface area contributed by atoms with Gasteiger partial charge in [0.1, 0.15) is 5.54 Å². The van der Waals surface area contributed by atoms with Crippen molar-refractivity contribution >= 4 is 17.3 Å². The van der Waals surface area contributed by atoms with Crippen LogP contribution in [0.2, 0.25) is 0 Å². The lowest BCUT2D eigenvalue weighted by Gasteiger charge is -2.45. The molecule has 0 unspecified atom stereocenters. The van der Waals surface area contributed by atoms with E-state index >= 15 is 0 Å². The maximum absolute atomic E-state index is 11.9. The van der Waals surface area contributed by atoms with Crippen molar-refractivity contribution in [3.63, 3.8) is 0 Å². The molecule has 1 aromatic carbocycles. The molecule has 1 amide bonds. The molecule has 0 bridgehead atoms. The average Bonchev–Trinajstić information content (AvgIpc) is 2.16. The van der Waals surface area contributed by atoms with Gasteiger partial charge in [-0.15, -0.1) is 0 Å². The lowest BCUT2D eigenvalue weighted by molar-refractivity contribution is -0.123. The van der Waals surface area contributed by atoms with Crippen LogP contribution in [-0.4, -0.2) is 11.4 Å². The van der Waals surface area contributed by atoms with Gasteiger partial charge in [-0.1, -0.05) is 12.1 Å². The second-order valence-electron chi connectivity index (χ2n) is 4.51. The van der Waals surface area contributed by atoms with E-state index in [1.54, 1.807) is 0 Å². The van der Waals surface area contributed by atoms with E-state index in [2.05, 4.69) is 10.6 Å². The van der Waals surface area contributed by atoms with E-state index in [9.17, 15) is 4.79 Å². The molecule has 0 atom stereocenters. The Hall–Kier alpha value is -1.51. The van der Waals surface area contributed by atoms with Gasteiger partial charge in [0.25, 0.3) is 0 Å². The lowest BCUT2D eigenvalue weighted by atomic mass is 9.74. The first-order chi connectivity index (χ1) is 7.21. The minimum Gasteiger partial charge on any atom is -0.370 e. The molecule has 15 heavy (non-hydrogen) atoms. The predicted octanol–water partition coefficient (Wildman–Crippen LogP) is 2.28. The molecule has 2 aliphatic rings. The summed E-state index contributed by atoms with van der Waals surface area (Å²) in [5.41, 5.74) is 2.82. The van der Waals surface area contributed by atoms with E-state index in [-0.39, 0.29) is 11.4 Å². The van der Waals surface area contributed by atoms with Crippen LogP contribution in [0, 0.1) is 6.92 Å². The lowest BCUT2D eigenvalue weighted by Crippen LogP contribution is -2.57. The zero-order valence-corrected chi connectivity index (χ0v) is 8.76. The minimum atomic E-state index is -0.305. The number of fused-ring (bicyclic) bond motifs is 1. The average molecular weight is 202 g/mol. The molecular formula is C12H14N2O. The van der Waals surface area contributed by atoms with Crippen LogP contribution in [0.25, 0.3) is 0 Å². The first kappa shape index (κ1) is 8.77. The molecule has 3 heteroatoms. The Morgan fingerprint density at radius 2 is 2.13 bits per heavy atom. The molecule has 1 heterocycles. The van der Waals surface area contributed by atoms with Gasteiger partial charge in [-0.25, -0.2) is 0 Å². The highest BCUT2D eigenvalue weighted by atomic mass is 16.2. The number of anilines is 2. The Balaban J connectivity index is 2.06. The summed E-state index contributed by atoms with van der Waals surface area (Å²) in [6, 6.07) is 6.06. The summed E-state index contributed by atoms with van der Waals surface area (Å²) in [4.78, 5) is 11.9. The highest BCUT2D eigenvalue weighted by Crippen LogP contribution is 2.42. The summed E-state index contributed by atoms with van der Waals surface area (Å²) in [6.45, 7) is 2.01. The van der Waals surface area contributed by atoms with Crippen LogP contribution in [-0.2, 0) is 4.79 Å². The largest absolute Gasteiger partial charge is 0.370 e. The Bertz CT molecular complexity index is 435. The molecule has 1 aromatic rings. The number of carbonyl (C=O) groups excluding carboxylic acids is 1. The third kappa shape index (κ3) is 1.09. The zero-order chi connectivity index (χ0) is 10.5. The topological polar surface area (TPSA) is 41.1 Å². The maximum atomic E-state index is 11.9. The molecule has 1 aliphatic carbocycles. The van der Waals surface area contributed by atoms with Crippen molar-refractivity contribution in [1.82, 2.24) is 0 Å². The van der Waals surface area contributed by atoms with Gasteiger partial charge in [0.15, 0.2) is 0 Å². The van der Waals surface area contributed by atoms with Gasteiger partial charge in [-0.3, -0.25) is 4.79 Å². The van der Waals surface area contributed by atoms with Crippen LogP contribution in [0.4, 0.5) is 11.4 Å². The third-order valence-corrected chi connectivity index (χ3v) is 3.53. The summed E-state index contributed by atoms with van der Waals surface area (Å²) in [7, 11) is 0. The summed E-state index contributed by atoms with van der Waals surface area (Å²) >= 11 is 0. The smallest absolute Gasteiger partial charge is 0.250 e. The van der Waals surface area contributed by atoms with Crippen molar-refractivity contribution in [1.29, 1.82) is 0 Å². The molecule has 1 fully saturated rings. The van der Waals surface area contributed by atoms with Crippen LogP contribution in [0.15, 0.2) is 18.2 Å². The molecule has 3 rings (SSSR count). The van der Waals surface area contributed by atoms with Crippen LogP contribution in [0.5, 0.6) is 0 Å². The molecule has 78 valence electrons. The molecule has 2 N–H and O–H groups in total. The van der Waals surface area contributed by atoms with Gasteiger partial charge < -0.3 is 10.6 Å². The number of rotatable bonds is 0. The van der Waals surface area contributed by atoms with Gasteiger partial charge in [0.2, 0.25) is 5.91 Å². The zero-order valence-electron chi connectivity index (χ0n) is 8.76. The van der Waals surface area contributed by atoms with E-state index in [0.717, 1.165) is 36.2 Å². The van der Waals surface area contributed by atoms with E-state index in [1.165, 1.54) is 0 Å². The van der Waals surface area contributed by atoms with Gasteiger partial charge in [-0.2, -0.15) is 0 Å². The van der Waals surface area contributed by atoms with E-state index in [0.29, 0.717) is 0 Å². The first-order valence-corrected chi connectivity index (χ1v) is 5.41. The number of amides is 1. The maximum Gasteiger partial charge on any atom is 0.250 e. The third-order valence-electron chi connectivity index (χ3n) is 3.53. The molecular weight excluding hydrogens is 188 g/mol. The summed E-state index contributed by atoms with van der Waals surface area (Å²) in [5, 5.41) is 6.41. The number of carbonyl (C=O) groups is 1. The van der Waals surface area contributed by atoms with Crippen LogP contribution in [0.3, 0.4) is 0 Å². The molecule has 1 spiro atoms. The first-order valence-electron chi connectivity index (χ1n) is 5.41. The van der Waals surface area contributed by atoms with Gasteiger partial charge in [0, 0.05) is 0 Å². The predicted molar refractivity (Wildman–Crippen MR) is 60.0 cm³/mol. The number of hydrogen-bond donors (Lipinski definition) is 2. The Morgan fingerprint density at radius 1 is 1.33 bits per heavy atom. The molecule has 1 aliphatic heterocycles. The van der Waals surface area contributed by atoms with Crippen LogP contribution in [0.1, 0.15) is 24.8 Å². The standard InChI is InChI=1S/C12H14N2O/c1-8-4-2-5-9-10(8)13-11(15)12(14-9)6-3-7-12/h2,4-5,14H,3,6-7H2,1H3,(H,13,15). The number of aryl methyl sites for hydroxylation is 1. The van der Waals surface area contributed by atoms with E-state index < -0.39 is 0 Å². The Labute approximate surface area is 88.9 Å². The van der Waals surface area contributed by atoms with Crippen molar-refractivity contribution in [2.24, 2.45) is 0 Å². The quantitative estimate of drug-likeness (QED) is 0.677. The molecule has 3 nitrogen and oxygen atoms in total. The number of hydrogen-bond acceptors (Lipinski definition) is 2. The van der Waals surface area contributed by atoms with Crippen LogP contribution < -0.4 is 10.6 Å². The van der Waals surface area contributed by atoms with Gasteiger partial charge in [-0.05, 0) is 37.8 Å². The Morgan fingerprint density at radius 3 is 2.80 bits per heavy atom. The summed E-state index contributed by atoms with van der Waals surface area (Å²) < 4.78 is 0. The van der Waals surface area contributed by atoms with Gasteiger partial charge in [0.05, 0.1) is 11.4 Å². The van der Waals surface area contributed by atoms with Crippen LogP contribution >= 0.6 is 0 Å². The normalized spacial score (nSPS) is 21.3. The number of benzene rings is 1. The monoisotopic (exact) mass is 202 g/mol. The fourth-order valence-electron chi connectivity index (χ4n) is 2.37. The summed E-state index contributed by atoms with van der Waals surface area (Å²) in [5.74, 6) is 0.135. The van der Waals surface area contributed by atoms with Crippen molar-refractivity contribution in [2.45, 2.75) is 31.7 Å². The second-order valence-corrected chi connectivity index (χ2v) is 4.51. The highest BCUT2D eigenvalue weighted by molar-refractivity contribution is 6.07. The van der Waals surface area contributed by atoms with Crippen molar-refractivity contribution < 1.29 is 4.79 Å². The molecule has 0 aromatic heterocycles. The van der Waals surface area contributed by atoms with Crippen molar-refractivity contribution in [2.75, 3.05) is 10.6 Å². The molecule has 0 saturated heterocycles. The summed E-state index contributed by atoms with van der Waals surface area (Å²) in [6.07, 6.45) is 3.04. The van der Waals surface area contributed by atoms with E-state index in [1.807, 2.05) is 25.1 Å². The molecule has 0 radical (unpaired) electrons. The fraction of sp³-hybridized carbons (Fsp3) is 0.417. The van der Waals surface area contributed by atoms with E-state index in [4.69, 9.17) is 0 Å². The molecule has 1 saturated carbocycles. The van der Waals surface area contributed by atoms with Crippen molar-refractivity contribution in [3.05, 3.63) is 23.8 Å². The Kier molecular flexibility index (Phi) is 1.61. The fourth-order valence-corrected chi connectivity index (χ4v) is 2.37. The van der Waals surface area contributed by atoms with Crippen molar-refractivity contribution in [3.8, 4) is 0 Å². The second kappa shape index (κ2) is 2.75. The minimum absolute atomic E-state index is 0.135. The SMILES string of the molecule is Cc1cccc2c1NC(=O)C1(CCC1)N2. The highest BCUT2D eigenvalue weighted by Gasteiger charge is 2.46.